The van der Waals surface area contributed by atoms with Crippen LogP contribution in [0.15, 0.2) is 85.1 Å². The molecule has 0 fully saturated rings. The summed E-state index contributed by atoms with van der Waals surface area (Å²) in [7, 11) is 2.75. The van der Waals surface area contributed by atoms with Gasteiger partial charge in [-0.05, 0) is 48.5 Å². The number of nitrogens with zero attached hydrogens (tertiary/aromatic N) is 2. The molecule has 0 radical (unpaired) electrons. The molecule has 3 aromatic carbocycles. The molecular formula is C33H25Cl2FN4O4. The largest absolute Gasteiger partial charge is 0.480 e. The molecule has 44 heavy (non-hydrogen) atoms. The zero-order chi connectivity index (χ0) is 31.2. The Bertz CT molecular complexity index is 1850. The number of anilines is 3. The van der Waals surface area contributed by atoms with Crippen molar-refractivity contribution in [3.05, 3.63) is 118 Å². The van der Waals surface area contributed by atoms with Crippen molar-refractivity contribution in [2.45, 2.75) is 6.54 Å². The fourth-order valence-electron chi connectivity index (χ4n) is 4.50. The number of aldehydes is 1. The van der Waals surface area contributed by atoms with Gasteiger partial charge in [0.15, 0.2) is 17.9 Å². The van der Waals surface area contributed by atoms with Gasteiger partial charge in [-0.3, -0.25) is 4.79 Å². The fraction of sp³-hybridized carbons (Fsp3) is 0.0909. The first-order valence-electron chi connectivity index (χ1n) is 13.2. The first kappa shape index (κ1) is 30.5. The highest BCUT2D eigenvalue weighted by Crippen LogP contribution is 2.42. The molecule has 0 aliphatic carbocycles. The Morgan fingerprint density at radius 3 is 2.32 bits per heavy atom. The van der Waals surface area contributed by atoms with Crippen molar-refractivity contribution in [1.82, 2.24) is 9.97 Å². The van der Waals surface area contributed by atoms with Gasteiger partial charge < -0.3 is 20.1 Å². The lowest BCUT2D eigenvalue weighted by atomic mass is 10.00. The van der Waals surface area contributed by atoms with Crippen molar-refractivity contribution >= 4 is 52.6 Å². The monoisotopic (exact) mass is 630 g/mol. The van der Waals surface area contributed by atoms with Crippen LogP contribution < -0.4 is 15.4 Å². The first-order valence-corrected chi connectivity index (χ1v) is 14.0. The average Bonchev–Trinajstić information content (AvgIpc) is 3.06. The highest BCUT2D eigenvalue weighted by molar-refractivity contribution is 6.39. The van der Waals surface area contributed by atoms with E-state index in [4.69, 9.17) is 32.7 Å². The second-order valence-corrected chi connectivity index (χ2v) is 10.2. The second-order valence-electron chi connectivity index (χ2n) is 9.43. The topological polar surface area (TPSA) is 102 Å². The number of methoxy groups -OCH3 is 2. The van der Waals surface area contributed by atoms with Crippen molar-refractivity contribution in [3.63, 3.8) is 0 Å². The molecule has 0 atom stereocenters. The van der Waals surface area contributed by atoms with Gasteiger partial charge in [0, 0.05) is 40.7 Å². The van der Waals surface area contributed by atoms with Crippen molar-refractivity contribution in [1.29, 1.82) is 0 Å². The smallest absolute Gasteiger partial charge is 0.337 e. The summed E-state index contributed by atoms with van der Waals surface area (Å²) in [6, 6.07) is 22.3. The molecule has 0 amide bonds. The Balaban J connectivity index is 1.39. The van der Waals surface area contributed by atoms with Gasteiger partial charge in [0.1, 0.15) is 0 Å². The van der Waals surface area contributed by atoms with E-state index in [1.54, 1.807) is 66.7 Å². The summed E-state index contributed by atoms with van der Waals surface area (Å²) in [5, 5.41) is 6.84. The Hall–Kier alpha value is -4.99. The van der Waals surface area contributed by atoms with Crippen LogP contribution in [-0.2, 0) is 11.3 Å². The highest BCUT2D eigenvalue weighted by atomic mass is 35.5. The molecule has 8 nitrogen and oxygen atoms in total. The van der Waals surface area contributed by atoms with E-state index in [-0.39, 0.29) is 18.2 Å². The summed E-state index contributed by atoms with van der Waals surface area (Å²) in [5.74, 6) is -0.804. The lowest BCUT2D eigenvalue weighted by Gasteiger charge is -2.16. The Kier molecular flexibility index (Phi) is 9.38. The number of pyridine rings is 2. The van der Waals surface area contributed by atoms with Gasteiger partial charge in [-0.15, -0.1) is 0 Å². The second kappa shape index (κ2) is 13.5. The number of halogens is 3. The van der Waals surface area contributed by atoms with Crippen LogP contribution in [0.2, 0.25) is 10.0 Å². The fourth-order valence-corrected chi connectivity index (χ4v) is 5.10. The maximum Gasteiger partial charge on any atom is 0.337 e. The molecule has 2 aromatic heterocycles. The van der Waals surface area contributed by atoms with Crippen molar-refractivity contribution in [3.8, 4) is 28.3 Å². The van der Waals surface area contributed by atoms with Crippen LogP contribution in [0.25, 0.3) is 22.4 Å². The molecule has 5 aromatic rings. The summed E-state index contributed by atoms with van der Waals surface area (Å²) in [5.41, 5.74) is 4.59. The molecule has 0 bridgehead atoms. The Morgan fingerprint density at radius 1 is 0.909 bits per heavy atom. The zero-order valence-electron chi connectivity index (χ0n) is 23.5. The predicted octanol–water partition coefficient (Wildman–Crippen LogP) is 8.22. The summed E-state index contributed by atoms with van der Waals surface area (Å²) in [4.78, 5) is 31.6. The van der Waals surface area contributed by atoms with E-state index in [1.165, 1.54) is 20.4 Å². The maximum absolute atomic E-state index is 15.5. The molecule has 0 aliphatic rings. The van der Waals surface area contributed by atoms with Crippen LogP contribution in [0.3, 0.4) is 0 Å². The summed E-state index contributed by atoms with van der Waals surface area (Å²) in [6.07, 6.45) is 2.17. The quantitative estimate of drug-likeness (QED) is 0.117. The number of esters is 1. The first-order chi connectivity index (χ1) is 21.3. The number of rotatable bonds is 10. The van der Waals surface area contributed by atoms with Gasteiger partial charge in [-0.2, -0.15) is 0 Å². The molecule has 0 unspecified atom stereocenters. The van der Waals surface area contributed by atoms with Gasteiger partial charge in [0.25, 0.3) is 0 Å². The van der Waals surface area contributed by atoms with Crippen molar-refractivity contribution in [2.24, 2.45) is 0 Å². The molecule has 0 aliphatic heterocycles. The van der Waals surface area contributed by atoms with E-state index >= 15 is 4.39 Å². The number of carbonyl (C=O) groups excluding carboxylic acids is 2. The van der Waals surface area contributed by atoms with Gasteiger partial charge in [0.2, 0.25) is 5.88 Å². The minimum Gasteiger partial charge on any atom is -0.480 e. The van der Waals surface area contributed by atoms with Crippen LogP contribution >= 0.6 is 23.2 Å². The molecular weight excluding hydrogens is 606 g/mol. The molecule has 11 heteroatoms. The third-order valence-electron chi connectivity index (χ3n) is 6.78. The highest BCUT2D eigenvalue weighted by Gasteiger charge is 2.18. The Morgan fingerprint density at radius 2 is 1.61 bits per heavy atom. The SMILES string of the molecule is COC(=O)c1ccc(NCc2ccnc(Nc3cccc(-c4cccc(-c5ccc(C=O)c(OC)n5)c4Cl)c3Cl)c2F)cc1. The number of hydrogen-bond donors (Lipinski definition) is 2. The summed E-state index contributed by atoms with van der Waals surface area (Å²) < 4.78 is 25.5. The minimum absolute atomic E-state index is 0.00389. The predicted molar refractivity (Wildman–Crippen MR) is 170 cm³/mol. The molecule has 0 saturated carbocycles. The van der Waals surface area contributed by atoms with Gasteiger partial charge in [0.05, 0.1) is 46.8 Å². The number of aromatic nitrogens is 2. The van der Waals surface area contributed by atoms with Gasteiger partial charge >= 0.3 is 5.97 Å². The van der Waals surface area contributed by atoms with E-state index in [1.807, 2.05) is 12.1 Å². The molecule has 2 N–H and O–H groups in total. The van der Waals surface area contributed by atoms with Crippen molar-refractivity contribution in [2.75, 3.05) is 24.9 Å². The lowest BCUT2D eigenvalue weighted by Crippen LogP contribution is -2.06. The van der Waals surface area contributed by atoms with Crippen molar-refractivity contribution < 1.29 is 23.5 Å². The lowest BCUT2D eigenvalue weighted by molar-refractivity contribution is 0.0600. The standard InChI is InChI=1S/C33H25Cl2FN4O4/c1-43-32-21(18-41)11-14-26(40-32)25-7-3-5-23(28(25)34)24-6-4-8-27(29(24)35)39-31-30(36)20(15-16-37-31)17-38-22-12-9-19(10-13-22)33(42)44-2/h3-16,18,38H,17H2,1-2H3,(H,37,39). The number of carbonyl (C=O) groups is 2. The normalized spacial score (nSPS) is 10.7. The van der Waals surface area contributed by atoms with Gasteiger partial charge in [-0.25, -0.2) is 19.2 Å². The number of ether oxygens (including phenoxy) is 2. The summed E-state index contributed by atoms with van der Waals surface area (Å²) in [6.45, 7) is 0.170. The van der Waals surface area contributed by atoms with Crippen LogP contribution in [-0.4, -0.2) is 36.4 Å². The third kappa shape index (κ3) is 6.34. The van der Waals surface area contributed by atoms with E-state index in [0.717, 1.165) is 0 Å². The van der Waals surface area contributed by atoms with E-state index < -0.39 is 11.8 Å². The maximum atomic E-state index is 15.5. The van der Waals surface area contributed by atoms with E-state index in [9.17, 15) is 9.59 Å². The Labute approximate surface area is 262 Å². The van der Waals surface area contributed by atoms with Gasteiger partial charge in [-0.1, -0.05) is 53.5 Å². The average molecular weight is 631 g/mol. The molecule has 0 saturated heterocycles. The summed E-state index contributed by atoms with van der Waals surface area (Å²) >= 11 is 13.7. The number of benzene rings is 3. The number of hydrogen-bond acceptors (Lipinski definition) is 8. The minimum atomic E-state index is -0.550. The zero-order valence-corrected chi connectivity index (χ0v) is 25.0. The molecule has 0 spiro atoms. The molecule has 222 valence electrons. The number of nitrogens with one attached hydrogen (secondary N) is 2. The van der Waals surface area contributed by atoms with E-state index in [2.05, 4.69) is 20.6 Å². The van der Waals surface area contributed by atoms with E-state index in [0.29, 0.717) is 66.8 Å². The molecule has 2 heterocycles. The van der Waals surface area contributed by atoms with Crippen LogP contribution in [0.5, 0.6) is 5.88 Å². The van der Waals surface area contributed by atoms with Crippen LogP contribution in [0.1, 0.15) is 26.3 Å². The molecule has 5 rings (SSSR count). The third-order valence-corrected chi connectivity index (χ3v) is 7.60. The van der Waals surface area contributed by atoms with Crippen LogP contribution in [0, 0.1) is 5.82 Å². The van der Waals surface area contributed by atoms with Crippen LogP contribution in [0.4, 0.5) is 21.6 Å².